The van der Waals surface area contributed by atoms with Gasteiger partial charge in [-0.25, -0.2) is 4.39 Å². The predicted octanol–water partition coefficient (Wildman–Crippen LogP) is 1.57. The van der Waals surface area contributed by atoms with Crippen LogP contribution in [0, 0.1) is 5.92 Å². The van der Waals surface area contributed by atoms with Crippen LogP contribution in [-0.2, 0) is 14.9 Å². The Morgan fingerprint density at radius 3 is 2.14 bits per heavy atom. The minimum absolute atomic E-state index is 0.161. The maximum atomic E-state index is 13.8. The van der Waals surface area contributed by atoms with Gasteiger partial charge in [0.05, 0.1) is 0 Å². The van der Waals surface area contributed by atoms with Crippen LogP contribution in [0.5, 0.6) is 0 Å². The minimum atomic E-state index is -4.99. The lowest BCUT2D eigenvalue weighted by molar-refractivity contribution is -0.129. The van der Waals surface area contributed by atoms with E-state index >= 15 is 0 Å². The van der Waals surface area contributed by atoms with Gasteiger partial charge in [0.15, 0.2) is 5.78 Å². The molecule has 84 valence electrons. The number of hydrogen-bond donors (Lipinski definition) is 1. The van der Waals surface area contributed by atoms with E-state index in [1.165, 1.54) is 20.8 Å². The Morgan fingerprint density at radius 2 is 1.93 bits per heavy atom. The summed E-state index contributed by atoms with van der Waals surface area (Å²) < 4.78 is 43.9. The number of alkyl halides is 1. The second-order valence-electron chi connectivity index (χ2n) is 3.47. The number of rotatable bonds is 5. The smallest absolute Gasteiger partial charge is 0.294 e. The van der Waals surface area contributed by atoms with Crippen molar-refractivity contribution in [3.8, 4) is 0 Å². The van der Waals surface area contributed by atoms with Crippen molar-refractivity contribution in [2.45, 2.75) is 38.6 Å². The summed E-state index contributed by atoms with van der Waals surface area (Å²) in [4.78, 5) is 11.3. The van der Waals surface area contributed by atoms with E-state index < -0.39 is 33.2 Å². The first-order valence-electron chi connectivity index (χ1n) is 4.37. The highest BCUT2D eigenvalue weighted by molar-refractivity contribution is 7.87. The molecule has 0 bridgehead atoms. The average Bonchev–Trinajstić information content (AvgIpc) is 2.01. The fraction of sp³-hybridized carbons (Fsp3) is 0.875. The topological polar surface area (TPSA) is 71.4 Å². The number of ketones is 1. The van der Waals surface area contributed by atoms with Crippen molar-refractivity contribution < 1.29 is 22.2 Å². The Kier molecular flexibility index (Phi) is 4.20. The standard InChI is InChI=1S/C8H15FO4S/c1-4-5-8(9,14(11,12)13)7(10)6(2)3/h6H,4-5H2,1-3H3,(H,11,12,13). The molecule has 0 heterocycles. The summed E-state index contributed by atoms with van der Waals surface area (Å²) in [5, 5.41) is -3.14. The van der Waals surface area contributed by atoms with Gasteiger partial charge in [-0.2, -0.15) is 8.42 Å². The van der Waals surface area contributed by atoms with Crippen molar-refractivity contribution in [3.05, 3.63) is 0 Å². The predicted molar refractivity (Wildman–Crippen MR) is 50.1 cm³/mol. The maximum absolute atomic E-state index is 13.8. The molecule has 0 radical (unpaired) electrons. The molecule has 0 amide bonds. The highest BCUT2D eigenvalue weighted by atomic mass is 32.2. The third-order valence-corrected chi connectivity index (χ3v) is 3.10. The molecule has 0 aromatic rings. The summed E-state index contributed by atoms with van der Waals surface area (Å²) in [6.07, 6.45) is -0.350. The Bertz CT molecular complexity index is 309. The van der Waals surface area contributed by atoms with Crippen LogP contribution >= 0.6 is 0 Å². The van der Waals surface area contributed by atoms with Gasteiger partial charge in [0.1, 0.15) is 0 Å². The molecular weight excluding hydrogens is 211 g/mol. The molecule has 14 heavy (non-hydrogen) atoms. The monoisotopic (exact) mass is 226 g/mol. The lowest BCUT2D eigenvalue weighted by Crippen LogP contribution is -2.44. The molecule has 0 aliphatic carbocycles. The van der Waals surface area contributed by atoms with Crippen molar-refractivity contribution in [2.24, 2.45) is 5.92 Å². The van der Waals surface area contributed by atoms with Crippen LogP contribution in [0.2, 0.25) is 0 Å². The molecular formula is C8H15FO4S. The molecule has 0 rings (SSSR count). The molecule has 0 saturated carbocycles. The molecule has 4 nitrogen and oxygen atoms in total. The fourth-order valence-corrected chi connectivity index (χ4v) is 2.08. The summed E-state index contributed by atoms with van der Waals surface area (Å²) in [5.74, 6) is -1.87. The second-order valence-corrected chi connectivity index (χ2v) is 5.07. The Balaban J connectivity index is 5.22. The second kappa shape index (κ2) is 4.35. The average molecular weight is 226 g/mol. The quantitative estimate of drug-likeness (QED) is 0.722. The Hall–Kier alpha value is -0.490. The van der Waals surface area contributed by atoms with Crippen LogP contribution < -0.4 is 0 Å². The number of hydrogen-bond acceptors (Lipinski definition) is 3. The molecule has 0 spiro atoms. The summed E-state index contributed by atoms with van der Waals surface area (Å²) in [7, 11) is -4.99. The van der Waals surface area contributed by atoms with Crippen LogP contribution in [-0.4, -0.2) is 23.8 Å². The van der Waals surface area contributed by atoms with Gasteiger partial charge in [-0.3, -0.25) is 9.35 Å². The molecule has 0 aliphatic heterocycles. The van der Waals surface area contributed by atoms with Gasteiger partial charge in [0, 0.05) is 12.3 Å². The van der Waals surface area contributed by atoms with Crippen LogP contribution in [0.25, 0.3) is 0 Å². The Morgan fingerprint density at radius 1 is 1.50 bits per heavy atom. The van der Waals surface area contributed by atoms with Crippen molar-refractivity contribution in [1.82, 2.24) is 0 Å². The van der Waals surface area contributed by atoms with Crippen LogP contribution in [0.4, 0.5) is 4.39 Å². The van der Waals surface area contributed by atoms with E-state index in [1.807, 2.05) is 0 Å². The molecule has 0 aromatic heterocycles. The van der Waals surface area contributed by atoms with Gasteiger partial charge < -0.3 is 0 Å². The van der Waals surface area contributed by atoms with Crippen molar-refractivity contribution >= 4 is 15.9 Å². The lowest BCUT2D eigenvalue weighted by Gasteiger charge is -2.21. The van der Waals surface area contributed by atoms with Gasteiger partial charge in [0.25, 0.3) is 5.00 Å². The third kappa shape index (κ3) is 2.51. The number of carbonyl (C=O) groups excluding carboxylic acids is 1. The van der Waals surface area contributed by atoms with E-state index in [2.05, 4.69) is 0 Å². The maximum Gasteiger partial charge on any atom is 0.307 e. The van der Waals surface area contributed by atoms with E-state index in [1.54, 1.807) is 0 Å². The van der Waals surface area contributed by atoms with Gasteiger partial charge >= 0.3 is 10.1 Å². The summed E-state index contributed by atoms with van der Waals surface area (Å²) in [6.45, 7) is 4.31. The van der Waals surface area contributed by atoms with Gasteiger partial charge in [0.2, 0.25) is 0 Å². The Labute approximate surface area is 83.2 Å². The van der Waals surface area contributed by atoms with Gasteiger partial charge in [-0.15, -0.1) is 0 Å². The largest absolute Gasteiger partial charge is 0.307 e. The fourth-order valence-electron chi connectivity index (χ4n) is 1.13. The summed E-state index contributed by atoms with van der Waals surface area (Å²) in [6, 6.07) is 0. The zero-order chi connectivity index (χ0) is 11.6. The minimum Gasteiger partial charge on any atom is -0.294 e. The molecule has 0 aromatic carbocycles. The molecule has 0 saturated heterocycles. The number of halogens is 1. The molecule has 1 unspecified atom stereocenters. The highest BCUT2D eigenvalue weighted by Gasteiger charge is 2.50. The van der Waals surface area contributed by atoms with Crippen molar-refractivity contribution in [3.63, 3.8) is 0 Å². The first kappa shape index (κ1) is 13.5. The van der Waals surface area contributed by atoms with E-state index in [0.29, 0.717) is 0 Å². The number of Topliss-reactive ketones (excluding diaryl/α,β-unsaturated/α-hetero) is 1. The van der Waals surface area contributed by atoms with E-state index in [4.69, 9.17) is 4.55 Å². The first-order chi connectivity index (χ1) is 6.16. The molecule has 0 aliphatic rings. The molecule has 0 fully saturated rings. The van der Waals surface area contributed by atoms with Crippen LogP contribution in [0.15, 0.2) is 0 Å². The molecule has 6 heteroatoms. The van der Waals surface area contributed by atoms with Crippen LogP contribution in [0.3, 0.4) is 0 Å². The zero-order valence-corrected chi connectivity index (χ0v) is 9.27. The third-order valence-electron chi connectivity index (χ3n) is 1.87. The highest BCUT2D eigenvalue weighted by Crippen LogP contribution is 2.28. The van der Waals surface area contributed by atoms with Crippen LogP contribution in [0.1, 0.15) is 33.6 Å². The number of carbonyl (C=O) groups is 1. The van der Waals surface area contributed by atoms with Gasteiger partial charge in [-0.05, 0) is 0 Å². The lowest BCUT2D eigenvalue weighted by atomic mass is 10.0. The van der Waals surface area contributed by atoms with Crippen molar-refractivity contribution in [1.29, 1.82) is 0 Å². The van der Waals surface area contributed by atoms with Crippen molar-refractivity contribution in [2.75, 3.05) is 0 Å². The summed E-state index contributed by atoms with van der Waals surface area (Å²) >= 11 is 0. The van der Waals surface area contributed by atoms with E-state index in [0.717, 1.165) is 0 Å². The first-order valence-corrected chi connectivity index (χ1v) is 5.81. The van der Waals surface area contributed by atoms with E-state index in [9.17, 15) is 17.6 Å². The summed E-state index contributed by atoms with van der Waals surface area (Å²) in [5.41, 5.74) is 0. The van der Waals surface area contributed by atoms with E-state index in [-0.39, 0.29) is 6.42 Å². The normalized spacial score (nSPS) is 16.7. The SMILES string of the molecule is CCCC(F)(C(=O)C(C)C)S(=O)(=O)O. The van der Waals surface area contributed by atoms with Gasteiger partial charge in [-0.1, -0.05) is 27.2 Å². The molecule has 1 atom stereocenters. The molecule has 1 N–H and O–H groups in total. The zero-order valence-electron chi connectivity index (χ0n) is 8.45.